The van der Waals surface area contributed by atoms with Gasteiger partial charge in [-0.05, 0) is 38.1 Å². The third-order valence-corrected chi connectivity index (χ3v) is 3.45. The van der Waals surface area contributed by atoms with Crippen LogP contribution in [0.2, 0.25) is 0 Å². The Morgan fingerprint density at radius 3 is 2.38 bits per heavy atom. The zero-order valence-electron chi connectivity index (χ0n) is 15.0. The average Bonchev–Trinajstić information content (AvgIpc) is 2.84. The monoisotopic (exact) mass is 361 g/mol. The van der Waals surface area contributed by atoms with Crippen LogP contribution in [0, 0.1) is 5.82 Å². The van der Waals surface area contributed by atoms with Crippen LogP contribution in [-0.4, -0.2) is 32.3 Å². The van der Waals surface area contributed by atoms with Gasteiger partial charge in [0.15, 0.2) is 11.6 Å². The Bertz CT molecular complexity index is 795. The number of benzene rings is 1. The van der Waals surface area contributed by atoms with Crippen molar-refractivity contribution in [3.63, 3.8) is 0 Å². The quantitative estimate of drug-likeness (QED) is 0.751. The van der Waals surface area contributed by atoms with E-state index in [1.54, 1.807) is 32.1 Å². The molecule has 0 bridgehead atoms. The number of anilines is 1. The molecule has 0 amide bonds. The maximum Gasteiger partial charge on any atom is 0.355 e. The topological polar surface area (TPSA) is 65.1 Å². The fourth-order valence-electron chi connectivity index (χ4n) is 2.39. The fourth-order valence-corrected chi connectivity index (χ4v) is 2.39. The van der Waals surface area contributed by atoms with E-state index in [0.29, 0.717) is 0 Å². The fraction of sp³-hybridized carbons (Fsp3) is 0.263. The van der Waals surface area contributed by atoms with Crippen LogP contribution in [0.15, 0.2) is 53.9 Å². The number of carbonyl (C=O) groups is 2. The standard InChI is InChI=1S/C19H20FNO5/c1-12(2)26-17-14(20)9-7-10-15(17)21-11-6-5-8-13(18(22)24-3)16(21)19(23)25-4/h5-12H,1-4H3. The van der Waals surface area contributed by atoms with E-state index in [2.05, 4.69) is 0 Å². The largest absolute Gasteiger partial charge is 0.486 e. The van der Waals surface area contributed by atoms with Crippen LogP contribution in [0.3, 0.4) is 0 Å². The summed E-state index contributed by atoms with van der Waals surface area (Å²) in [6, 6.07) is 4.31. The van der Waals surface area contributed by atoms with E-state index in [1.807, 2.05) is 0 Å². The molecule has 0 spiro atoms. The number of methoxy groups -OCH3 is 2. The third kappa shape index (κ3) is 3.93. The molecule has 0 N–H and O–H groups in total. The van der Waals surface area contributed by atoms with Crippen LogP contribution in [0.1, 0.15) is 13.8 Å². The molecule has 1 aromatic rings. The highest BCUT2D eigenvalue weighted by Gasteiger charge is 2.29. The van der Waals surface area contributed by atoms with Gasteiger partial charge < -0.3 is 19.1 Å². The van der Waals surface area contributed by atoms with Gasteiger partial charge in [0.05, 0.1) is 31.6 Å². The molecule has 0 saturated carbocycles. The summed E-state index contributed by atoms with van der Waals surface area (Å²) < 4.78 is 29.6. The van der Waals surface area contributed by atoms with Gasteiger partial charge in [0.25, 0.3) is 0 Å². The predicted molar refractivity (Wildman–Crippen MR) is 94.0 cm³/mol. The highest BCUT2D eigenvalue weighted by atomic mass is 19.1. The first-order valence-electron chi connectivity index (χ1n) is 7.90. The van der Waals surface area contributed by atoms with Crippen molar-refractivity contribution < 1.29 is 28.2 Å². The van der Waals surface area contributed by atoms with E-state index in [0.717, 1.165) is 0 Å². The second kappa shape index (κ2) is 8.33. The highest BCUT2D eigenvalue weighted by Crippen LogP contribution is 2.36. The molecule has 1 heterocycles. The zero-order chi connectivity index (χ0) is 19.3. The van der Waals surface area contributed by atoms with Crippen LogP contribution < -0.4 is 9.64 Å². The maximum atomic E-state index is 14.4. The van der Waals surface area contributed by atoms with Crippen LogP contribution in [-0.2, 0) is 19.1 Å². The smallest absolute Gasteiger partial charge is 0.355 e. The van der Waals surface area contributed by atoms with Crippen LogP contribution >= 0.6 is 0 Å². The molecule has 0 radical (unpaired) electrons. The van der Waals surface area contributed by atoms with Crippen molar-refractivity contribution in [3.8, 4) is 5.75 Å². The third-order valence-electron chi connectivity index (χ3n) is 3.45. The van der Waals surface area contributed by atoms with Crippen molar-refractivity contribution >= 4 is 17.6 Å². The number of esters is 2. The van der Waals surface area contributed by atoms with E-state index in [1.165, 1.54) is 43.5 Å². The summed E-state index contributed by atoms with van der Waals surface area (Å²) in [5, 5.41) is 0. The average molecular weight is 361 g/mol. The first-order chi connectivity index (χ1) is 12.4. The van der Waals surface area contributed by atoms with Gasteiger partial charge in [0, 0.05) is 6.20 Å². The van der Waals surface area contributed by atoms with Crippen molar-refractivity contribution in [1.82, 2.24) is 0 Å². The second-order valence-electron chi connectivity index (χ2n) is 5.57. The van der Waals surface area contributed by atoms with Gasteiger partial charge in [-0.25, -0.2) is 14.0 Å². The molecule has 1 aliphatic rings. The summed E-state index contributed by atoms with van der Waals surface area (Å²) in [5.74, 6) is -2.13. The van der Waals surface area contributed by atoms with Gasteiger partial charge in [0.1, 0.15) is 5.70 Å². The summed E-state index contributed by atoms with van der Waals surface area (Å²) in [7, 11) is 2.40. The Morgan fingerprint density at radius 2 is 1.77 bits per heavy atom. The molecular formula is C19H20FNO5. The van der Waals surface area contributed by atoms with E-state index >= 15 is 0 Å². The van der Waals surface area contributed by atoms with Crippen molar-refractivity contribution in [2.75, 3.05) is 19.1 Å². The Hall–Kier alpha value is -3.09. The van der Waals surface area contributed by atoms with E-state index < -0.39 is 17.8 Å². The summed E-state index contributed by atoms with van der Waals surface area (Å²) in [5.41, 5.74) is 0.119. The first kappa shape index (κ1) is 19.2. The van der Waals surface area contributed by atoms with Gasteiger partial charge in [-0.15, -0.1) is 0 Å². The molecule has 138 valence electrons. The number of halogens is 1. The number of nitrogens with zero attached hydrogens (tertiary/aromatic N) is 1. The highest BCUT2D eigenvalue weighted by molar-refractivity contribution is 6.05. The van der Waals surface area contributed by atoms with Gasteiger partial charge in [-0.3, -0.25) is 0 Å². The summed E-state index contributed by atoms with van der Waals surface area (Å²) >= 11 is 0. The van der Waals surface area contributed by atoms with Gasteiger partial charge in [-0.1, -0.05) is 12.1 Å². The van der Waals surface area contributed by atoms with Crippen molar-refractivity contribution in [3.05, 3.63) is 59.7 Å². The van der Waals surface area contributed by atoms with Crippen molar-refractivity contribution in [1.29, 1.82) is 0 Å². The number of allylic oxidation sites excluding steroid dienone is 2. The summed E-state index contributed by atoms with van der Waals surface area (Å²) in [4.78, 5) is 25.9. The summed E-state index contributed by atoms with van der Waals surface area (Å²) in [6.07, 6.45) is 5.81. The number of carbonyl (C=O) groups excluding carboxylic acids is 2. The number of rotatable bonds is 5. The minimum atomic E-state index is -0.777. The Labute approximate surface area is 151 Å². The Kier molecular flexibility index (Phi) is 6.16. The molecule has 1 aromatic carbocycles. The van der Waals surface area contributed by atoms with E-state index in [-0.39, 0.29) is 28.8 Å². The summed E-state index contributed by atoms with van der Waals surface area (Å²) in [6.45, 7) is 3.51. The number of hydrogen-bond donors (Lipinski definition) is 0. The maximum absolute atomic E-state index is 14.4. The lowest BCUT2D eigenvalue weighted by atomic mass is 10.1. The van der Waals surface area contributed by atoms with Crippen molar-refractivity contribution in [2.45, 2.75) is 20.0 Å². The molecule has 0 aliphatic carbocycles. The lowest BCUT2D eigenvalue weighted by Crippen LogP contribution is -2.27. The van der Waals surface area contributed by atoms with Gasteiger partial charge >= 0.3 is 11.9 Å². The molecule has 1 aliphatic heterocycles. The van der Waals surface area contributed by atoms with Crippen LogP contribution in [0.25, 0.3) is 0 Å². The molecule has 7 heteroatoms. The minimum Gasteiger partial charge on any atom is -0.486 e. The molecule has 0 fully saturated rings. The minimum absolute atomic E-state index is 0.0240. The number of para-hydroxylation sites is 1. The SMILES string of the molecule is COC(=O)C1=C(C(=O)OC)N(c2cccc(F)c2OC(C)C)C=CC=C1. The predicted octanol–water partition coefficient (Wildman–Crippen LogP) is 3.10. The van der Waals surface area contributed by atoms with Crippen molar-refractivity contribution in [2.24, 2.45) is 0 Å². The zero-order valence-corrected chi connectivity index (χ0v) is 15.0. The molecular weight excluding hydrogens is 341 g/mol. The molecule has 0 unspecified atom stereocenters. The van der Waals surface area contributed by atoms with E-state index in [9.17, 15) is 14.0 Å². The molecule has 26 heavy (non-hydrogen) atoms. The lowest BCUT2D eigenvalue weighted by molar-refractivity contribution is -0.139. The van der Waals surface area contributed by atoms with Crippen LogP contribution in [0.5, 0.6) is 5.75 Å². The molecule has 0 atom stereocenters. The molecule has 0 saturated heterocycles. The molecule has 2 rings (SSSR count). The molecule has 6 nitrogen and oxygen atoms in total. The van der Waals surface area contributed by atoms with Gasteiger partial charge in [-0.2, -0.15) is 0 Å². The Balaban J connectivity index is 2.72. The first-order valence-corrected chi connectivity index (χ1v) is 7.90. The van der Waals surface area contributed by atoms with Crippen LogP contribution in [0.4, 0.5) is 10.1 Å². The van der Waals surface area contributed by atoms with Gasteiger partial charge in [0.2, 0.25) is 0 Å². The van der Waals surface area contributed by atoms with E-state index in [4.69, 9.17) is 14.2 Å². The Morgan fingerprint density at radius 1 is 1.08 bits per heavy atom. The molecule has 0 aromatic heterocycles. The second-order valence-corrected chi connectivity index (χ2v) is 5.57. The normalized spacial score (nSPS) is 13.7. The lowest BCUT2D eigenvalue weighted by Gasteiger charge is -2.26. The number of hydrogen-bond acceptors (Lipinski definition) is 6. The number of ether oxygens (including phenoxy) is 3.